The van der Waals surface area contributed by atoms with Crippen LogP contribution >= 0.6 is 0 Å². The number of carbonyl (C=O) groups excluding carboxylic acids is 1. The van der Waals surface area contributed by atoms with Crippen LogP contribution in [0.4, 0.5) is 36.4 Å². The lowest BCUT2D eigenvalue weighted by Gasteiger charge is -2.33. The molecule has 6 nitrogen and oxygen atoms in total. The van der Waals surface area contributed by atoms with Crippen molar-refractivity contribution in [2.75, 3.05) is 19.0 Å². The highest BCUT2D eigenvalue weighted by Gasteiger charge is 2.47. The number of aromatic nitrogens is 1. The zero-order valence-corrected chi connectivity index (χ0v) is 25.4. The first-order chi connectivity index (χ1) is 20.6. The summed E-state index contributed by atoms with van der Waals surface area (Å²) in [5.74, 6) is -2.35. The van der Waals surface area contributed by atoms with Crippen molar-refractivity contribution in [2.24, 2.45) is 0 Å². The van der Waals surface area contributed by atoms with Gasteiger partial charge in [0.1, 0.15) is 11.4 Å². The van der Waals surface area contributed by atoms with E-state index < -0.39 is 63.7 Å². The zero-order valence-electron chi connectivity index (χ0n) is 25.4. The Bertz CT molecular complexity index is 1620. The number of likely N-dealkylation sites (N-methyl/N-ethyl adjacent to an activating group) is 2. The van der Waals surface area contributed by atoms with E-state index in [0.717, 1.165) is 4.90 Å². The van der Waals surface area contributed by atoms with Crippen LogP contribution < -0.4 is 4.90 Å². The maximum absolute atomic E-state index is 14.1. The van der Waals surface area contributed by atoms with Crippen molar-refractivity contribution in [3.05, 3.63) is 82.4 Å². The van der Waals surface area contributed by atoms with Crippen molar-refractivity contribution in [1.82, 2.24) is 9.88 Å². The van der Waals surface area contributed by atoms with Crippen molar-refractivity contribution in [1.29, 1.82) is 0 Å². The van der Waals surface area contributed by atoms with Gasteiger partial charge in [0.05, 0.1) is 40.2 Å². The number of likely N-dealkylation sites (tertiary alicyclic amines) is 1. The molecule has 1 amide bonds. The van der Waals surface area contributed by atoms with E-state index in [1.165, 1.54) is 45.3 Å². The Morgan fingerprint density at radius 3 is 2.00 bits per heavy atom. The predicted molar refractivity (Wildman–Crippen MR) is 153 cm³/mol. The SMILES string of the molecule is Cc1cc(F)ccc1-c1cc([C@H]2CC[C@](C)(C(=O)O)N2C)ncc1N(C)C(=O)C(C)(C)c1cc(C(F)(F)F)cc(C(F)(F)F)c1. The molecule has 242 valence electrons. The number of aliphatic carboxylic acids is 1. The van der Waals surface area contributed by atoms with Crippen LogP contribution in [0.1, 0.15) is 67.6 Å². The number of rotatable bonds is 6. The summed E-state index contributed by atoms with van der Waals surface area (Å²) in [5, 5.41) is 9.81. The molecule has 1 aliphatic rings. The van der Waals surface area contributed by atoms with E-state index in [2.05, 4.69) is 4.98 Å². The third-order valence-electron chi connectivity index (χ3n) is 8.85. The van der Waals surface area contributed by atoms with Gasteiger partial charge in [0.15, 0.2) is 0 Å². The van der Waals surface area contributed by atoms with Gasteiger partial charge in [-0.3, -0.25) is 19.5 Å². The zero-order chi connectivity index (χ0) is 33.9. The van der Waals surface area contributed by atoms with E-state index in [9.17, 15) is 45.4 Å². The minimum Gasteiger partial charge on any atom is -0.480 e. The molecular weight excluding hydrogens is 607 g/mol. The summed E-state index contributed by atoms with van der Waals surface area (Å²) in [5.41, 5.74) is -4.62. The van der Waals surface area contributed by atoms with Crippen molar-refractivity contribution in [3.63, 3.8) is 0 Å². The lowest BCUT2D eigenvalue weighted by atomic mass is 9.81. The summed E-state index contributed by atoms with van der Waals surface area (Å²) in [7, 11) is 2.98. The van der Waals surface area contributed by atoms with Crippen LogP contribution in [-0.2, 0) is 27.4 Å². The fourth-order valence-corrected chi connectivity index (χ4v) is 5.76. The molecule has 1 aliphatic heterocycles. The molecule has 0 radical (unpaired) electrons. The van der Waals surface area contributed by atoms with Crippen LogP contribution in [0.5, 0.6) is 0 Å². The number of carbonyl (C=O) groups is 2. The molecule has 2 aromatic carbocycles. The van der Waals surface area contributed by atoms with Crippen LogP contribution in [-0.4, -0.2) is 46.5 Å². The van der Waals surface area contributed by atoms with Gasteiger partial charge in [-0.15, -0.1) is 0 Å². The second-order valence-electron chi connectivity index (χ2n) is 12.1. The molecule has 1 saturated heterocycles. The van der Waals surface area contributed by atoms with Gasteiger partial charge in [-0.1, -0.05) is 6.07 Å². The molecule has 0 unspecified atom stereocenters. The predicted octanol–water partition coefficient (Wildman–Crippen LogP) is 7.78. The molecule has 1 fully saturated rings. The number of carboxylic acid groups (broad SMARTS) is 1. The van der Waals surface area contributed by atoms with Gasteiger partial charge < -0.3 is 10.0 Å². The molecule has 0 saturated carbocycles. The van der Waals surface area contributed by atoms with E-state index in [1.54, 1.807) is 31.9 Å². The molecule has 3 aromatic rings. The standard InChI is InChI=1S/C32H32F7N3O3/c1-17-11-21(33)7-8-22(17)23-15-24(25-9-10-30(4,28(44)45)42(25)6)40-16-26(23)41(5)27(43)29(2,3)18-12-19(31(34,35)36)14-20(13-18)32(37,38)39/h7-8,11-16,25H,9-10H2,1-6H3,(H,44,45)/t25-,30-/m1/s1. The van der Waals surface area contributed by atoms with Gasteiger partial charge in [-0.25, -0.2) is 4.39 Å². The van der Waals surface area contributed by atoms with Crippen molar-refractivity contribution in [3.8, 4) is 11.1 Å². The average molecular weight is 640 g/mol. The van der Waals surface area contributed by atoms with Crippen molar-refractivity contribution in [2.45, 2.75) is 69.9 Å². The normalized spacial score (nSPS) is 19.5. The van der Waals surface area contributed by atoms with Gasteiger partial charge in [0.2, 0.25) is 5.91 Å². The number of alkyl halides is 6. The number of carboxylic acids is 1. The highest BCUT2D eigenvalue weighted by atomic mass is 19.4. The van der Waals surface area contributed by atoms with Crippen LogP contribution in [0.15, 0.2) is 48.7 Å². The Balaban J connectivity index is 1.84. The molecule has 0 spiro atoms. The summed E-state index contributed by atoms with van der Waals surface area (Å²) < 4.78 is 95.7. The summed E-state index contributed by atoms with van der Waals surface area (Å²) in [4.78, 5) is 33.3. The number of anilines is 1. The highest BCUT2D eigenvalue weighted by molar-refractivity contribution is 6.03. The first-order valence-corrected chi connectivity index (χ1v) is 13.9. The quantitative estimate of drug-likeness (QED) is 0.279. The third-order valence-corrected chi connectivity index (χ3v) is 8.85. The molecule has 1 aromatic heterocycles. The number of halogens is 7. The van der Waals surface area contributed by atoms with Gasteiger partial charge in [-0.05, 0) is 101 Å². The fourth-order valence-electron chi connectivity index (χ4n) is 5.76. The van der Waals surface area contributed by atoms with E-state index in [4.69, 9.17) is 0 Å². The van der Waals surface area contributed by atoms with Crippen LogP contribution in [0.25, 0.3) is 11.1 Å². The number of hydrogen-bond acceptors (Lipinski definition) is 4. The van der Waals surface area contributed by atoms with E-state index in [-0.39, 0.29) is 11.8 Å². The van der Waals surface area contributed by atoms with E-state index in [0.29, 0.717) is 47.4 Å². The number of aryl methyl sites for hydroxylation is 1. The summed E-state index contributed by atoms with van der Waals surface area (Å²) >= 11 is 0. The topological polar surface area (TPSA) is 73.7 Å². The number of nitrogens with zero attached hydrogens (tertiary/aromatic N) is 3. The van der Waals surface area contributed by atoms with E-state index in [1.807, 2.05) is 0 Å². The molecule has 45 heavy (non-hydrogen) atoms. The second-order valence-corrected chi connectivity index (χ2v) is 12.1. The number of amides is 1. The highest BCUT2D eigenvalue weighted by Crippen LogP contribution is 2.44. The minimum absolute atomic E-state index is 0.00120. The first-order valence-electron chi connectivity index (χ1n) is 13.9. The van der Waals surface area contributed by atoms with Gasteiger partial charge >= 0.3 is 18.3 Å². The van der Waals surface area contributed by atoms with Crippen molar-refractivity contribution >= 4 is 17.6 Å². The Morgan fingerprint density at radius 1 is 0.956 bits per heavy atom. The smallest absolute Gasteiger partial charge is 0.416 e. The lowest BCUT2D eigenvalue weighted by Crippen LogP contribution is -2.46. The lowest BCUT2D eigenvalue weighted by molar-refractivity contribution is -0.148. The molecular formula is C32H32F7N3O3. The number of benzene rings is 2. The maximum atomic E-state index is 14.1. The Kier molecular flexibility index (Phi) is 8.60. The number of hydrogen-bond donors (Lipinski definition) is 1. The van der Waals surface area contributed by atoms with E-state index >= 15 is 0 Å². The summed E-state index contributed by atoms with van der Waals surface area (Å²) in [6.45, 7) is 5.69. The largest absolute Gasteiger partial charge is 0.480 e. The molecule has 4 rings (SSSR count). The molecule has 0 aliphatic carbocycles. The molecule has 2 atom stereocenters. The van der Waals surface area contributed by atoms with Crippen molar-refractivity contribution < 1.29 is 45.4 Å². The summed E-state index contributed by atoms with van der Waals surface area (Å²) in [6.07, 6.45) is -8.07. The Labute approximate surface area is 255 Å². The monoisotopic (exact) mass is 639 g/mol. The Morgan fingerprint density at radius 2 is 1.51 bits per heavy atom. The fraction of sp³-hybridized carbons (Fsp3) is 0.406. The summed E-state index contributed by atoms with van der Waals surface area (Å²) in [6, 6.07) is 6.25. The first kappa shape index (κ1) is 33.9. The van der Waals surface area contributed by atoms with Crippen LogP contribution in [0.2, 0.25) is 0 Å². The Hall–Kier alpha value is -4.00. The third kappa shape index (κ3) is 6.27. The number of pyridine rings is 1. The molecule has 1 N–H and O–H groups in total. The molecule has 13 heteroatoms. The minimum atomic E-state index is -5.10. The van der Waals surface area contributed by atoms with Crippen LogP contribution in [0.3, 0.4) is 0 Å². The molecule has 2 heterocycles. The van der Waals surface area contributed by atoms with Crippen LogP contribution in [0, 0.1) is 12.7 Å². The second kappa shape index (κ2) is 11.4. The van der Waals surface area contributed by atoms with Gasteiger partial charge in [0.25, 0.3) is 0 Å². The van der Waals surface area contributed by atoms with Gasteiger partial charge in [-0.2, -0.15) is 26.3 Å². The van der Waals surface area contributed by atoms with Gasteiger partial charge in [0, 0.05) is 12.6 Å². The average Bonchev–Trinajstić information content (AvgIpc) is 3.26. The maximum Gasteiger partial charge on any atom is 0.416 e. The molecule has 0 bridgehead atoms.